The molecule has 6 heteroatoms. The minimum atomic E-state index is 0.418. The summed E-state index contributed by atoms with van der Waals surface area (Å²) in [6, 6.07) is 7.72. The summed E-state index contributed by atoms with van der Waals surface area (Å²) >= 11 is 7.42. The van der Waals surface area contributed by atoms with Crippen LogP contribution in [0, 0.1) is 0 Å². The smallest absolute Gasteiger partial charge is 0.299 e. The van der Waals surface area contributed by atoms with Crippen molar-refractivity contribution in [3.8, 4) is 10.9 Å². The van der Waals surface area contributed by atoms with Crippen molar-refractivity contribution >= 4 is 22.9 Å². The van der Waals surface area contributed by atoms with E-state index in [4.69, 9.17) is 16.3 Å². The van der Waals surface area contributed by atoms with Gasteiger partial charge in [0.15, 0.2) is 0 Å². The standard InChI is InChI=1S/C12H14ClN3OS/c1-8(2)14-7-11-15-16-12(18-11)17-10-6-4-3-5-9(10)13/h3-6,8,14H,7H2,1-2H3. The average Bonchev–Trinajstić information content (AvgIpc) is 2.77. The second-order valence-corrected chi connectivity index (χ2v) is 5.46. The summed E-state index contributed by atoms with van der Waals surface area (Å²) in [5, 5.41) is 13.3. The van der Waals surface area contributed by atoms with Gasteiger partial charge < -0.3 is 10.1 Å². The molecule has 0 atom stereocenters. The van der Waals surface area contributed by atoms with Crippen molar-refractivity contribution in [3.63, 3.8) is 0 Å². The van der Waals surface area contributed by atoms with Gasteiger partial charge in [0.2, 0.25) is 0 Å². The minimum absolute atomic E-state index is 0.418. The number of benzene rings is 1. The molecule has 0 aliphatic rings. The van der Waals surface area contributed by atoms with Crippen molar-refractivity contribution in [3.05, 3.63) is 34.3 Å². The maximum atomic E-state index is 6.00. The zero-order chi connectivity index (χ0) is 13.0. The van der Waals surface area contributed by atoms with E-state index in [0.717, 1.165) is 5.01 Å². The van der Waals surface area contributed by atoms with E-state index < -0.39 is 0 Å². The molecule has 4 nitrogen and oxygen atoms in total. The molecule has 0 saturated carbocycles. The van der Waals surface area contributed by atoms with Crippen molar-refractivity contribution in [1.82, 2.24) is 15.5 Å². The summed E-state index contributed by atoms with van der Waals surface area (Å²) in [5.41, 5.74) is 0. The van der Waals surface area contributed by atoms with Crippen LogP contribution in [0.25, 0.3) is 0 Å². The van der Waals surface area contributed by atoms with Crippen LogP contribution in [-0.2, 0) is 6.54 Å². The van der Waals surface area contributed by atoms with Gasteiger partial charge >= 0.3 is 0 Å². The molecule has 0 bridgehead atoms. The molecule has 0 unspecified atom stereocenters. The second kappa shape index (κ2) is 6.13. The molecular weight excluding hydrogens is 270 g/mol. The Labute approximate surface area is 115 Å². The van der Waals surface area contributed by atoms with Gasteiger partial charge in [0.1, 0.15) is 10.8 Å². The molecule has 0 radical (unpaired) electrons. The number of hydrogen-bond donors (Lipinski definition) is 1. The summed E-state index contributed by atoms with van der Waals surface area (Å²) in [6.07, 6.45) is 0. The van der Waals surface area contributed by atoms with Crippen LogP contribution in [-0.4, -0.2) is 16.2 Å². The minimum Gasteiger partial charge on any atom is -0.428 e. The van der Waals surface area contributed by atoms with Crippen LogP contribution in [0.1, 0.15) is 18.9 Å². The van der Waals surface area contributed by atoms with E-state index in [9.17, 15) is 0 Å². The molecule has 1 heterocycles. The lowest BCUT2D eigenvalue weighted by Crippen LogP contribution is -2.21. The number of nitrogens with one attached hydrogen (secondary N) is 1. The van der Waals surface area contributed by atoms with E-state index in [1.54, 1.807) is 12.1 Å². The molecule has 18 heavy (non-hydrogen) atoms. The Morgan fingerprint density at radius 1 is 1.33 bits per heavy atom. The summed E-state index contributed by atoms with van der Waals surface area (Å²) in [5.74, 6) is 0.596. The first kappa shape index (κ1) is 13.3. The first-order valence-corrected chi connectivity index (χ1v) is 6.82. The van der Waals surface area contributed by atoms with Crippen LogP contribution in [0.2, 0.25) is 5.02 Å². The third kappa shape index (κ3) is 3.66. The fourth-order valence-electron chi connectivity index (χ4n) is 1.26. The summed E-state index contributed by atoms with van der Waals surface area (Å²) < 4.78 is 5.58. The maximum absolute atomic E-state index is 6.00. The van der Waals surface area contributed by atoms with E-state index >= 15 is 0 Å². The van der Waals surface area contributed by atoms with Gasteiger partial charge in [-0.05, 0) is 12.1 Å². The number of halogens is 1. The van der Waals surface area contributed by atoms with Crippen LogP contribution in [0.15, 0.2) is 24.3 Å². The van der Waals surface area contributed by atoms with Gasteiger partial charge in [-0.3, -0.25) is 0 Å². The molecule has 0 spiro atoms. The largest absolute Gasteiger partial charge is 0.428 e. The predicted octanol–water partition coefficient (Wildman–Crippen LogP) is 3.48. The molecule has 0 aliphatic heterocycles. The van der Waals surface area contributed by atoms with E-state index in [-0.39, 0.29) is 0 Å². The molecule has 0 aliphatic carbocycles. The number of rotatable bonds is 5. The Balaban J connectivity index is 2.00. The normalized spacial score (nSPS) is 10.9. The van der Waals surface area contributed by atoms with E-state index in [1.165, 1.54) is 11.3 Å². The molecule has 1 N–H and O–H groups in total. The Kier molecular flexibility index (Phi) is 4.52. The molecule has 2 rings (SSSR count). The van der Waals surface area contributed by atoms with E-state index in [1.807, 2.05) is 12.1 Å². The fraction of sp³-hybridized carbons (Fsp3) is 0.333. The third-order valence-electron chi connectivity index (χ3n) is 2.14. The highest BCUT2D eigenvalue weighted by Crippen LogP contribution is 2.30. The molecule has 0 amide bonds. The Bertz CT molecular complexity index is 516. The van der Waals surface area contributed by atoms with Crippen molar-refractivity contribution in [2.24, 2.45) is 0 Å². The van der Waals surface area contributed by atoms with Crippen molar-refractivity contribution in [2.75, 3.05) is 0 Å². The summed E-state index contributed by atoms with van der Waals surface area (Å²) in [7, 11) is 0. The molecule has 0 saturated heterocycles. The van der Waals surface area contributed by atoms with Gasteiger partial charge in [0, 0.05) is 6.04 Å². The predicted molar refractivity (Wildman–Crippen MR) is 73.4 cm³/mol. The lowest BCUT2D eigenvalue weighted by Gasteiger charge is -2.04. The van der Waals surface area contributed by atoms with Crippen molar-refractivity contribution in [2.45, 2.75) is 26.4 Å². The molecule has 1 aromatic heterocycles. The Morgan fingerprint density at radius 2 is 2.11 bits per heavy atom. The SMILES string of the molecule is CC(C)NCc1nnc(Oc2ccccc2Cl)s1. The van der Waals surface area contributed by atoms with Gasteiger partial charge in [-0.1, -0.05) is 54.0 Å². The van der Waals surface area contributed by atoms with Crippen molar-refractivity contribution < 1.29 is 4.74 Å². The maximum Gasteiger partial charge on any atom is 0.299 e. The quantitative estimate of drug-likeness (QED) is 0.912. The number of para-hydroxylation sites is 1. The number of aromatic nitrogens is 2. The second-order valence-electron chi connectivity index (χ2n) is 4.03. The van der Waals surface area contributed by atoms with Gasteiger partial charge in [-0.25, -0.2) is 0 Å². The number of nitrogens with zero attached hydrogens (tertiary/aromatic N) is 2. The monoisotopic (exact) mass is 283 g/mol. The lowest BCUT2D eigenvalue weighted by atomic mass is 10.3. The van der Waals surface area contributed by atoms with Crippen LogP contribution in [0.5, 0.6) is 10.9 Å². The third-order valence-corrected chi connectivity index (χ3v) is 3.26. The van der Waals surface area contributed by atoms with Crippen LogP contribution in [0.3, 0.4) is 0 Å². The molecule has 1 aromatic carbocycles. The highest BCUT2D eigenvalue weighted by Gasteiger charge is 2.08. The van der Waals surface area contributed by atoms with Gasteiger partial charge in [0.25, 0.3) is 5.19 Å². The molecule has 96 valence electrons. The number of ether oxygens (including phenoxy) is 1. The highest BCUT2D eigenvalue weighted by molar-refractivity contribution is 7.13. The van der Waals surface area contributed by atoms with Crippen LogP contribution in [0.4, 0.5) is 0 Å². The summed E-state index contributed by atoms with van der Waals surface area (Å²) in [6.45, 7) is 4.87. The zero-order valence-corrected chi connectivity index (χ0v) is 11.8. The average molecular weight is 284 g/mol. The Morgan fingerprint density at radius 3 is 2.83 bits per heavy atom. The van der Waals surface area contributed by atoms with Gasteiger partial charge in [-0.2, -0.15) is 0 Å². The fourth-order valence-corrected chi connectivity index (χ4v) is 2.09. The highest BCUT2D eigenvalue weighted by atomic mass is 35.5. The lowest BCUT2D eigenvalue weighted by molar-refractivity contribution is 0.473. The zero-order valence-electron chi connectivity index (χ0n) is 10.2. The molecule has 0 fully saturated rings. The van der Waals surface area contributed by atoms with Crippen LogP contribution >= 0.6 is 22.9 Å². The van der Waals surface area contributed by atoms with E-state index in [2.05, 4.69) is 29.4 Å². The van der Waals surface area contributed by atoms with Gasteiger partial charge in [0.05, 0.1) is 11.6 Å². The number of hydrogen-bond acceptors (Lipinski definition) is 5. The van der Waals surface area contributed by atoms with Gasteiger partial charge in [-0.15, -0.1) is 5.10 Å². The first-order chi connectivity index (χ1) is 8.65. The summed E-state index contributed by atoms with van der Waals surface area (Å²) in [4.78, 5) is 0. The van der Waals surface area contributed by atoms with E-state index in [0.29, 0.717) is 28.6 Å². The first-order valence-electron chi connectivity index (χ1n) is 5.63. The topological polar surface area (TPSA) is 47.0 Å². The van der Waals surface area contributed by atoms with Crippen molar-refractivity contribution in [1.29, 1.82) is 0 Å². The Hall–Kier alpha value is -1.17. The molecular formula is C12H14ClN3OS. The molecule has 2 aromatic rings. The van der Waals surface area contributed by atoms with Crippen LogP contribution < -0.4 is 10.1 Å².